The van der Waals surface area contributed by atoms with Gasteiger partial charge < -0.3 is 5.32 Å². The minimum absolute atomic E-state index is 0.0316. The summed E-state index contributed by atoms with van der Waals surface area (Å²) in [7, 11) is 1.34. The third-order valence-corrected chi connectivity index (χ3v) is 1.99. The van der Waals surface area contributed by atoms with E-state index in [1.165, 1.54) is 14.0 Å². The van der Waals surface area contributed by atoms with Gasteiger partial charge in [0.15, 0.2) is 0 Å². The first-order valence-electron chi connectivity index (χ1n) is 3.98. The van der Waals surface area contributed by atoms with Crippen molar-refractivity contribution in [2.24, 2.45) is 5.92 Å². The SMILES string of the molecule is CNC(C)(CC(C)C)C(F)(F)F. The fourth-order valence-electron chi connectivity index (χ4n) is 1.18. The molecule has 0 amide bonds. The fourth-order valence-corrected chi connectivity index (χ4v) is 1.18. The van der Waals surface area contributed by atoms with E-state index in [-0.39, 0.29) is 12.3 Å². The molecule has 1 N–H and O–H groups in total. The van der Waals surface area contributed by atoms with Gasteiger partial charge in [-0.1, -0.05) is 13.8 Å². The van der Waals surface area contributed by atoms with Crippen LogP contribution < -0.4 is 5.32 Å². The predicted octanol–water partition coefficient (Wildman–Crippen LogP) is 2.57. The van der Waals surface area contributed by atoms with Gasteiger partial charge in [0.2, 0.25) is 0 Å². The first-order chi connectivity index (χ1) is 5.23. The van der Waals surface area contributed by atoms with Crippen molar-refractivity contribution in [2.75, 3.05) is 7.05 Å². The van der Waals surface area contributed by atoms with Gasteiger partial charge in [0.25, 0.3) is 0 Å². The minimum atomic E-state index is -4.17. The van der Waals surface area contributed by atoms with Crippen LogP contribution in [0.2, 0.25) is 0 Å². The lowest BCUT2D eigenvalue weighted by atomic mass is 9.90. The van der Waals surface area contributed by atoms with Crippen molar-refractivity contribution in [2.45, 2.75) is 38.9 Å². The van der Waals surface area contributed by atoms with Gasteiger partial charge in [0.1, 0.15) is 5.54 Å². The van der Waals surface area contributed by atoms with E-state index in [9.17, 15) is 13.2 Å². The molecule has 4 heteroatoms. The molecule has 1 atom stereocenters. The maximum absolute atomic E-state index is 12.4. The van der Waals surface area contributed by atoms with E-state index >= 15 is 0 Å². The topological polar surface area (TPSA) is 12.0 Å². The predicted molar refractivity (Wildman–Crippen MR) is 43.0 cm³/mol. The Labute approximate surface area is 71.3 Å². The lowest BCUT2D eigenvalue weighted by Crippen LogP contribution is -2.53. The van der Waals surface area contributed by atoms with Gasteiger partial charge in [-0.3, -0.25) is 0 Å². The van der Waals surface area contributed by atoms with E-state index in [2.05, 4.69) is 5.32 Å². The number of halogens is 3. The van der Waals surface area contributed by atoms with Gasteiger partial charge in [-0.25, -0.2) is 0 Å². The fraction of sp³-hybridized carbons (Fsp3) is 1.00. The summed E-state index contributed by atoms with van der Waals surface area (Å²) in [5.74, 6) is 0.0316. The monoisotopic (exact) mass is 183 g/mol. The molecule has 12 heavy (non-hydrogen) atoms. The van der Waals surface area contributed by atoms with Crippen LogP contribution in [-0.2, 0) is 0 Å². The van der Waals surface area contributed by atoms with Gasteiger partial charge in [-0.05, 0) is 26.3 Å². The molecule has 74 valence electrons. The van der Waals surface area contributed by atoms with Crippen LogP contribution >= 0.6 is 0 Å². The van der Waals surface area contributed by atoms with Crippen LogP contribution in [0.15, 0.2) is 0 Å². The Bertz CT molecular complexity index is 142. The molecular weight excluding hydrogens is 167 g/mol. The summed E-state index contributed by atoms with van der Waals surface area (Å²) >= 11 is 0. The van der Waals surface area contributed by atoms with E-state index < -0.39 is 11.7 Å². The minimum Gasteiger partial charge on any atom is -0.307 e. The molecule has 0 aliphatic rings. The molecule has 0 saturated heterocycles. The lowest BCUT2D eigenvalue weighted by Gasteiger charge is -2.33. The van der Waals surface area contributed by atoms with E-state index in [1.807, 2.05) is 0 Å². The van der Waals surface area contributed by atoms with Gasteiger partial charge in [0.05, 0.1) is 0 Å². The molecule has 0 aromatic heterocycles. The van der Waals surface area contributed by atoms with Crippen LogP contribution in [0.5, 0.6) is 0 Å². The maximum Gasteiger partial charge on any atom is 0.406 e. The summed E-state index contributed by atoms with van der Waals surface area (Å²) in [4.78, 5) is 0. The molecular formula is C8H16F3N. The average Bonchev–Trinajstić information content (AvgIpc) is 1.83. The van der Waals surface area contributed by atoms with Crippen molar-refractivity contribution in [1.29, 1.82) is 0 Å². The highest BCUT2D eigenvalue weighted by molar-refractivity contribution is 4.90. The van der Waals surface area contributed by atoms with Crippen LogP contribution in [0.3, 0.4) is 0 Å². The van der Waals surface area contributed by atoms with Crippen LogP contribution in [-0.4, -0.2) is 18.8 Å². The van der Waals surface area contributed by atoms with Crippen LogP contribution in [0.25, 0.3) is 0 Å². The van der Waals surface area contributed by atoms with Gasteiger partial charge in [0, 0.05) is 0 Å². The van der Waals surface area contributed by atoms with Crippen molar-refractivity contribution < 1.29 is 13.2 Å². The van der Waals surface area contributed by atoms with Crippen molar-refractivity contribution in [3.63, 3.8) is 0 Å². The quantitative estimate of drug-likeness (QED) is 0.709. The molecule has 0 aliphatic carbocycles. The highest BCUT2D eigenvalue weighted by atomic mass is 19.4. The van der Waals surface area contributed by atoms with Crippen LogP contribution in [0, 0.1) is 5.92 Å². The second-order valence-electron chi connectivity index (χ2n) is 3.68. The van der Waals surface area contributed by atoms with E-state index in [4.69, 9.17) is 0 Å². The Hall–Kier alpha value is -0.250. The normalized spacial score (nSPS) is 18.0. The smallest absolute Gasteiger partial charge is 0.307 e. The Kier molecular flexibility index (Phi) is 3.57. The third-order valence-electron chi connectivity index (χ3n) is 1.99. The third kappa shape index (κ3) is 2.66. The highest BCUT2D eigenvalue weighted by Crippen LogP contribution is 2.34. The van der Waals surface area contributed by atoms with Crippen molar-refractivity contribution in [3.8, 4) is 0 Å². The summed E-state index contributed by atoms with van der Waals surface area (Å²) in [5, 5.41) is 2.32. The Morgan fingerprint density at radius 2 is 1.67 bits per heavy atom. The van der Waals surface area contributed by atoms with Gasteiger partial charge in [-0.15, -0.1) is 0 Å². The second-order valence-corrected chi connectivity index (χ2v) is 3.68. The first kappa shape index (κ1) is 11.8. The zero-order chi connectivity index (χ0) is 9.99. The number of rotatable bonds is 3. The van der Waals surface area contributed by atoms with Crippen LogP contribution in [0.1, 0.15) is 27.2 Å². The Balaban J connectivity index is 4.46. The lowest BCUT2D eigenvalue weighted by molar-refractivity contribution is -0.194. The molecule has 0 rings (SSSR count). The second kappa shape index (κ2) is 3.64. The largest absolute Gasteiger partial charge is 0.406 e. The molecule has 0 spiro atoms. The zero-order valence-corrected chi connectivity index (χ0v) is 7.92. The molecule has 0 saturated carbocycles. The summed E-state index contributed by atoms with van der Waals surface area (Å²) in [6.45, 7) is 4.75. The van der Waals surface area contributed by atoms with E-state index in [1.54, 1.807) is 13.8 Å². The Morgan fingerprint density at radius 1 is 1.25 bits per heavy atom. The first-order valence-corrected chi connectivity index (χ1v) is 3.98. The molecule has 0 aromatic rings. The van der Waals surface area contributed by atoms with Crippen molar-refractivity contribution in [1.82, 2.24) is 5.32 Å². The standard InChI is InChI=1S/C8H16F3N/c1-6(2)5-7(3,12-4)8(9,10)11/h6,12H,5H2,1-4H3. The number of hydrogen-bond donors (Lipinski definition) is 1. The zero-order valence-electron chi connectivity index (χ0n) is 7.92. The molecule has 1 nitrogen and oxygen atoms in total. The number of hydrogen-bond acceptors (Lipinski definition) is 1. The molecule has 0 bridgehead atoms. The van der Waals surface area contributed by atoms with Crippen molar-refractivity contribution >= 4 is 0 Å². The molecule has 0 radical (unpaired) electrons. The maximum atomic E-state index is 12.4. The average molecular weight is 183 g/mol. The van der Waals surface area contributed by atoms with E-state index in [0.717, 1.165) is 0 Å². The van der Waals surface area contributed by atoms with Gasteiger partial charge >= 0.3 is 6.18 Å². The van der Waals surface area contributed by atoms with Crippen molar-refractivity contribution in [3.05, 3.63) is 0 Å². The van der Waals surface area contributed by atoms with E-state index in [0.29, 0.717) is 0 Å². The van der Waals surface area contributed by atoms with Gasteiger partial charge in [-0.2, -0.15) is 13.2 Å². The summed E-state index contributed by atoms with van der Waals surface area (Å²) in [6.07, 6.45) is -4.07. The molecule has 0 aromatic carbocycles. The Morgan fingerprint density at radius 3 is 1.75 bits per heavy atom. The summed E-state index contributed by atoms with van der Waals surface area (Å²) in [6, 6.07) is 0. The van der Waals surface area contributed by atoms with Crippen LogP contribution in [0.4, 0.5) is 13.2 Å². The highest BCUT2D eigenvalue weighted by Gasteiger charge is 2.49. The molecule has 1 unspecified atom stereocenters. The number of nitrogens with one attached hydrogen (secondary N) is 1. The molecule has 0 heterocycles. The molecule has 0 aliphatic heterocycles. The summed E-state index contributed by atoms with van der Waals surface area (Å²) < 4.78 is 37.2. The number of alkyl halides is 3. The summed E-state index contributed by atoms with van der Waals surface area (Å²) in [5.41, 5.74) is -1.75. The molecule has 0 fully saturated rings.